The molecule has 0 amide bonds. The van der Waals surface area contributed by atoms with Gasteiger partial charge in [-0.05, 0) is 34.0 Å². The van der Waals surface area contributed by atoms with Gasteiger partial charge in [0.15, 0.2) is 0 Å². The lowest BCUT2D eigenvalue weighted by molar-refractivity contribution is 0.538. The fourth-order valence-corrected chi connectivity index (χ4v) is 3.11. The van der Waals surface area contributed by atoms with Gasteiger partial charge in [-0.1, -0.05) is 32.4 Å². The van der Waals surface area contributed by atoms with Crippen molar-refractivity contribution in [3.63, 3.8) is 0 Å². The second kappa shape index (κ2) is 6.56. The van der Waals surface area contributed by atoms with Crippen LogP contribution in [0.2, 0.25) is 0 Å². The Labute approximate surface area is 105 Å². The van der Waals surface area contributed by atoms with E-state index in [-0.39, 0.29) is 0 Å². The molecule has 0 heterocycles. The van der Waals surface area contributed by atoms with Crippen LogP contribution in [-0.4, -0.2) is 11.8 Å². The Morgan fingerprint density at radius 2 is 2.07 bits per heavy atom. The highest BCUT2D eigenvalue weighted by Gasteiger charge is 2.16. The first-order valence-corrected chi connectivity index (χ1v) is 6.97. The van der Waals surface area contributed by atoms with E-state index in [0.717, 1.165) is 11.0 Å². The normalized spacial score (nSPS) is 14.9. The summed E-state index contributed by atoms with van der Waals surface area (Å²) in [5, 5.41) is 0.508. The van der Waals surface area contributed by atoms with E-state index in [0.29, 0.717) is 11.2 Å². The Morgan fingerprint density at radius 3 is 2.60 bits per heavy atom. The zero-order chi connectivity index (χ0) is 11.3. The summed E-state index contributed by atoms with van der Waals surface area (Å²) in [6, 6.07) is 8.32. The Bertz CT molecular complexity index is 303. The van der Waals surface area contributed by atoms with E-state index in [2.05, 4.69) is 48.0 Å². The van der Waals surface area contributed by atoms with Crippen LogP contribution in [0.15, 0.2) is 33.6 Å². The molecule has 15 heavy (non-hydrogen) atoms. The van der Waals surface area contributed by atoms with Crippen LogP contribution in [0, 0.1) is 5.92 Å². The van der Waals surface area contributed by atoms with Crippen molar-refractivity contribution in [3.8, 4) is 0 Å². The molecular weight excluding hydrogens is 270 g/mol. The largest absolute Gasteiger partial charge is 0.329 e. The summed E-state index contributed by atoms with van der Waals surface area (Å²) in [5.41, 5.74) is 5.81. The Balaban J connectivity index is 2.71. The van der Waals surface area contributed by atoms with Gasteiger partial charge >= 0.3 is 0 Å². The molecule has 1 rings (SSSR count). The van der Waals surface area contributed by atoms with E-state index in [1.807, 2.05) is 17.8 Å². The zero-order valence-electron chi connectivity index (χ0n) is 9.24. The van der Waals surface area contributed by atoms with Gasteiger partial charge in [-0.25, -0.2) is 0 Å². The van der Waals surface area contributed by atoms with Gasteiger partial charge in [0.1, 0.15) is 0 Å². The third-order valence-corrected chi connectivity index (χ3v) is 5.15. The van der Waals surface area contributed by atoms with E-state index in [9.17, 15) is 0 Å². The highest BCUT2D eigenvalue weighted by atomic mass is 79.9. The van der Waals surface area contributed by atoms with E-state index in [1.54, 1.807) is 0 Å². The summed E-state index contributed by atoms with van der Waals surface area (Å²) in [4.78, 5) is 1.29. The molecule has 2 atom stereocenters. The van der Waals surface area contributed by atoms with Crippen molar-refractivity contribution in [2.24, 2.45) is 11.7 Å². The first-order valence-electron chi connectivity index (χ1n) is 5.30. The molecular formula is C12H18BrNS. The van der Waals surface area contributed by atoms with Crippen LogP contribution in [0.3, 0.4) is 0 Å². The minimum Gasteiger partial charge on any atom is -0.329 e. The quantitative estimate of drug-likeness (QED) is 0.831. The predicted octanol–water partition coefficient (Wildman–Crippen LogP) is 3.91. The lowest BCUT2D eigenvalue weighted by Crippen LogP contribution is -2.23. The molecule has 0 radical (unpaired) electrons. The summed E-state index contributed by atoms with van der Waals surface area (Å²) < 4.78 is 1.16. The molecule has 3 heteroatoms. The highest BCUT2D eigenvalue weighted by Crippen LogP contribution is 2.33. The van der Waals surface area contributed by atoms with Crippen molar-refractivity contribution in [1.82, 2.24) is 0 Å². The lowest BCUT2D eigenvalue weighted by atomic mass is 10.1. The maximum absolute atomic E-state index is 5.81. The molecule has 84 valence electrons. The molecule has 0 aliphatic carbocycles. The fourth-order valence-electron chi connectivity index (χ4n) is 1.36. The van der Waals surface area contributed by atoms with Gasteiger partial charge in [-0.2, -0.15) is 0 Å². The smallest absolute Gasteiger partial charge is 0.0311 e. The molecule has 0 spiro atoms. The minimum absolute atomic E-state index is 0.508. The predicted molar refractivity (Wildman–Crippen MR) is 72.3 cm³/mol. The average Bonchev–Trinajstić information content (AvgIpc) is 2.27. The third-order valence-electron chi connectivity index (χ3n) is 2.63. The zero-order valence-corrected chi connectivity index (χ0v) is 11.6. The van der Waals surface area contributed by atoms with E-state index < -0.39 is 0 Å². The van der Waals surface area contributed by atoms with Gasteiger partial charge in [-0.15, -0.1) is 11.8 Å². The molecule has 0 fully saturated rings. The van der Waals surface area contributed by atoms with Crippen LogP contribution in [0.5, 0.6) is 0 Å². The third kappa shape index (κ3) is 3.82. The topological polar surface area (TPSA) is 26.0 Å². The van der Waals surface area contributed by atoms with Crippen molar-refractivity contribution < 1.29 is 0 Å². The maximum atomic E-state index is 5.81. The van der Waals surface area contributed by atoms with Crippen LogP contribution in [0.1, 0.15) is 20.3 Å². The van der Waals surface area contributed by atoms with Crippen LogP contribution in [-0.2, 0) is 0 Å². The lowest BCUT2D eigenvalue weighted by Gasteiger charge is -2.21. The van der Waals surface area contributed by atoms with Crippen molar-refractivity contribution in [3.05, 3.63) is 28.7 Å². The molecule has 0 bridgehead atoms. The van der Waals surface area contributed by atoms with Crippen LogP contribution in [0.4, 0.5) is 0 Å². The molecule has 1 aromatic carbocycles. The Hall–Kier alpha value is 0.01000. The molecule has 1 nitrogen and oxygen atoms in total. The molecule has 2 unspecified atom stereocenters. The SMILES string of the molecule is CCC(C)C(CN)Sc1ccccc1Br. The van der Waals surface area contributed by atoms with Gasteiger partial charge in [-0.3, -0.25) is 0 Å². The van der Waals surface area contributed by atoms with Crippen molar-refractivity contribution in [1.29, 1.82) is 0 Å². The summed E-state index contributed by atoms with van der Waals surface area (Å²) >= 11 is 5.44. The number of hydrogen-bond acceptors (Lipinski definition) is 2. The van der Waals surface area contributed by atoms with Gasteiger partial charge < -0.3 is 5.73 Å². The second-order valence-electron chi connectivity index (χ2n) is 3.71. The number of nitrogens with two attached hydrogens (primary N) is 1. The summed E-state index contributed by atoms with van der Waals surface area (Å²) in [6.07, 6.45) is 1.18. The first kappa shape index (κ1) is 13.1. The minimum atomic E-state index is 0.508. The first-order chi connectivity index (χ1) is 7.19. The number of rotatable bonds is 5. The summed E-state index contributed by atoms with van der Waals surface area (Å²) in [5.74, 6) is 0.659. The molecule has 0 aromatic heterocycles. The van der Waals surface area contributed by atoms with E-state index in [4.69, 9.17) is 5.73 Å². The van der Waals surface area contributed by atoms with Gasteiger partial charge in [0.05, 0.1) is 0 Å². The van der Waals surface area contributed by atoms with E-state index >= 15 is 0 Å². The summed E-state index contributed by atoms with van der Waals surface area (Å²) in [7, 11) is 0. The van der Waals surface area contributed by atoms with Crippen molar-refractivity contribution >= 4 is 27.7 Å². The number of hydrogen-bond donors (Lipinski definition) is 1. The number of halogens is 1. The molecule has 0 saturated heterocycles. The van der Waals surface area contributed by atoms with Crippen LogP contribution in [0.25, 0.3) is 0 Å². The molecule has 0 saturated carbocycles. The maximum Gasteiger partial charge on any atom is 0.0311 e. The van der Waals surface area contributed by atoms with Crippen molar-refractivity contribution in [2.75, 3.05) is 6.54 Å². The van der Waals surface area contributed by atoms with Crippen molar-refractivity contribution in [2.45, 2.75) is 30.4 Å². The highest BCUT2D eigenvalue weighted by molar-refractivity contribution is 9.10. The Kier molecular flexibility index (Phi) is 5.72. The summed E-state index contributed by atoms with van der Waals surface area (Å²) in [6.45, 7) is 5.22. The van der Waals surface area contributed by atoms with Gasteiger partial charge in [0.2, 0.25) is 0 Å². The fraction of sp³-hybridized carbons (Fsp3) is 0.500. The molecule has 0 aliphatic rings. The molecule has 2 N–H and O–H groups in total. The van der Waals surface area contributed by atoms with E-state index in [1.165, 1.54) is 11.3 Å². The molecule has 1 aromatic rings. The number of benzene rings is 1. The van der Waals surface area contributed by atoms with Gasteiger partial charge in [0.25, 0.3) is 0 Å². The Morgan fingerprint density at radius 1 is 1.40 bits per heavy atom. The van der Waals surface area contributed by atoms with Crippen LogP contribution < -0.4 is 5.73 Å². The van der Waals surface area contributed by atoms with Gasteiger partial charge in [0, 0.05) is 21.2 Å². The second-order valence-corrected chi connectivity index (χ2v) is 5.84. The average molecular weight is 288 g/mol. The standard InChI is InChI=1S/C12H18BrNS/c1-3-9(2)12(8-14)15-11-7-5-4-6-10(11)13/h4-7,9,12H,3,8,14H2,1-2H3. The van der Waals surface area contributed by atoms with Crippen LogP contribution >= 0.6 is 27.7 Å². The molecule has 0 aliphatic heterocycles. The number of thioether (sulfide) groups is 1. The monoisotopic (exact) mass is 287 g/mol.